The number of fused-ring (bicyclic) bond motifs is 1. The normalized spacial score (nSPS) is 18.6. The van der Waals surface area contributed by atoms with Crippen molar-refractivity contribution in [2.75, 3.05) is 13.1 Å². The minimum absolute atomic E-state index is 0.0676. The van der Waals surface area contributed by atoms with Crippen molar-refractivity contribution in [1.29, 1.82) is 0 Å². The topological polar surface area (TPSA) is 59.4 Å². The van der Waals surface area contributed by atoms with E-state index in [2.05, 4.69) is 0 Å². The molecule has 2 aliphatic rings. The molecular formula is C24H27FN2O3. The lowest BCUT2D eigenvalue weighted by Gasteiger charge is -2.32. The van der Waals surface area contributed by atoms with Crippen LogP contribution < -0.4 is 5.56 Å². The second-order valence-corrected chi connectivity index (χ2v) is 9.20. The summed E-state index contributed by atoms with van der Waals surface area (Å²) < 4.78 is 14.7. The fourth-order valence-corrected chi connectivity index (χ4v) is 4.59. The molecule has 30 heavy (non-hydrogen) atoms. The van der Waals surface area contributed by atoms with Crippen molar-refractivity contribution in [3.05, 3.63) is 63.3 Å². The van der Waals surface area contributed by atoms with Gasteiger partial charge in [0.2, 0.25) is 0 Å². The van der Waals surface area contributed by atoms with Gasteiger partial charge in [-0.1, -0.05) is 26.7 Å². The van der Waals surface area contributed by atoms with Crippen LogP contribution in [-0.4, -0.2) is 34.2 Å². The number of rotatable bonds is 2. The first-order valence-electron chi connectivity index (χ1n) is 10.6. The lowest BCUT2D eigenvalue weighted by atomic mass is 9.73. The van der Waals surface area contributed by atoms with Crippen molar-refractivity contribution < 1.29 is 14.0 Å². The molecule has 0 unspecified atom stereocenters. The Labute approximate surface area is 175 Å². The number of carbonyl (C=O) groups is 2. The monoisotopic (exact) mass is 410 g/mol. The SMILES string of the molecule is CC1(C)CC(=O)c2cn(-c3ccc(F)cc3)c(=O)c(C(=O)N3CCCCCC3)c2C1. The number of carbonyl (C=O) groups excluding carboxylic acids is 2. The van der Waals surface area contributed by atoms with Crippen molar-refractivity contribution in [2.24, 2.45) is 5.41 Å². The highest BCUT2D eigenvalue weighted by Crippen LogP contribution is 2.36. The van der Waals surface area contributed by atoms with Crippen molar-refractivity contribution >= 4 is 11.7 Å². The predicted octanol–water partition coefficient (Wildman–Crippen LogP) is 4.15. The van der Waals surface area contributed by atoms with Gasteiger partial charge in [-0.05, 0) is 54.5 Å². The Morgan fingerprint density at radius 1 is 0.967 bits per heavy atom. The highest BCUT2D eigenvalue weighted by molar-refractivity contribution is 6.04. The van der Waals surface area contributed by atoms with Crippen LogP contribution in [0.5, 0.6) is 0 Å². The maximum Gasteiger partial charge on any atom is 0.268 e. The fraction of sp³-hybridized carbons (Fsp3) is 0.458. The van der Waals surface area contributed by atoms with E-state index in [1.165, 1.54) is 35.0 Å². The van der Waals surface area contributed by atoms with Gasteiger partial charge in [-0.2, -0.15) is 0 Å². The quantitative estimate of drug-likeness (QED) is 0.747. The maximum absolute atomic E-state index is 13.5. The number of Topliss-reactive ketones (excluding diaryl/α,β-unsaturated/α-hetero) is 1. The summed E-state index contributed by atoms with van der Waals surface area (Å²) in [5.41, 5.74) is 0.767. The molecule has 1 aliphatic carbocycles. The van der Waals surface area contributed by atoms with Crippen LogP contribution in [-0.2, 0) is 6.42 Å². The molecular weight excluding hydrogens is 383 g/mol. The van der Waals surface area contributed by atoms with E-state index in [-0.39, 0.29) is 22.7 Å². The first kappa shape index (κ1) is 20.5. The Bertz CT molecular complexity index is 1050. The number of hydrogen-bond donors (Lipinski definition) is 0. The number of benzene rings is 1. The summed E-state index contributed by atoms with van der Waals surface area (Å²) in [5, 5.41) is 0. The minimum atomic E-state index is -0.444. The van der Waals surface area contributed by atoms with Crippen molar-refractivity contribution in [3.8, 4) is 5.69 Å². The molecule has 1 aliphatic heterocycles. The van der Waals surface area contributed by atoms with E-state index in [9.17, 15) is 18.8 Å². The minimum Gasteiger partial charge on any atom is -0.338 e. The molecule has 1 amide bonds. The summed E-state index contributed by atoms with van der Waals surface area (Å²) in [6, 6.07) is 5.51. The van der Waals surface area contributed by atoms with Gasteiger partial charge in [-0.15, -0.1) is 0 Å². The van der Waals surface area contributed by atoms with Gasteiger partial charge in [-0.25, -0.2) is 4.39 Å². The summed E-state index contributed by atoms with van der Waals surface area (Å²) in [7, 11) is 0. The first-order chi connectivity index (χ1) is 14.3. The molecule has 0 radical (unpaired) electrons. The molecule has 1 aromatic carbocycles. The number of hydrogen-bond acceptors (Lipinski definition) is 3. The van der Waals surface area contributed by atoms with Crippen LogP contribution in [0.2, 0.25) is 0 Å². The molecule has 0 atom stereocenters. The molecule has 158 valence electrons. The third-order valence-electron chi connectivity index (χ3n) is 6.12. The van der Waals surface area contributed by atoms with E-state index in [1.54, 1.807) is 4.90 Å². The summed E-state index contributed by atoms with van der Waals surface area (Å²) in [4.78, 5) is 41.8. The smallest absolute Gasteiger partial charge is 0.268 e. The fourth-order valence-electron chi connectivity index (χ4n) is 4.59. The third-order valence-corrected chi connectivity index (χ3v) is 6.12. The number of pyridine rings is 1. The molecule has 0 bridgehead atoms. The van der Waals surface area contributed by atoms with Crippen molar-refractivity contribution in [1.82, 2.24) is 9.47 Å². The van der Waals surface area contributed by atoms with E-state index >= 15 is 0 Å². The molecule has 1 aromatic heterocycles. The van der Waals surface area contributed by atoms with E-state index in [0.717, 1.165) is 25.7 Å². The second kappa shape index (κ2) is 7.82. The van der Waals surface area contributed by atoms with Crippen LogP contribution in [0.3, 0.4) is 0 Å². The van der Waals surface area contributed by atoms with Crippen LogP contribution in [0.1, 0.15) is 72.2 Å². The molecule has 4 rings (SSSR count). The summed E-state index contributed by atoms with van der Waals surface area (Å²) >= 11 is 0. The van der Waals surface area contributed by atoms with Gasteiger partial charge < -0.3 is 4.90 Å². The summed E-state index contributed by atoms with van der Waals surface area (Å²) in [5.74, 6) is -0.773. The average Bonchev–Trinajstić information content (AvgIpc) is 2.97. The Kier molecular flexibility index (Phi) is 5.35. The standard InChI is InChI=1S/C24H27FN2O3/c1-24(2)13-18-19(20(28)14-24)15-27(17-9-7-16(25)8-10-17)23(30)21(18)22(29)26-11-5-3-4-6-12-26/h7-10,15H,3-6,11-14H2,1-2H3. The van der Waals surface area contributed by atoms with Gasteiger partial charge >= 0.3 is 0 Å². The van der Waals surface area contributed by atoms with E-state index in [0.29, 0.717) is 42.7 Å². The van der Waals surface area contributed by atoms with Crippen LogP contribution >= 0.6 is 0 Å². The predicted molar refractivity (Wildman–Crippen MR) is 113 cm³/mol. The van der Waals surface area contributed by atoms with Crippen molar-refractivity contribution in [3.63, 3.8) is 0 Å². The molecule has 0 N–H and O–H groups in total. The van der Waals surface area contributed by atoms with Gasteiger partial charge in [-0.3, -0.25) is 19.0 Å². The molecule has 5 nitrogen and oxygen atoms in total. The average molecular weight is 410 g/mol. The Balaban J connectivity index is 1.92. The van der Waals surface area contributed by atoms with E-state index < -0.39 is 11.4 Å². The van der Waals surface area contributed by atoms with Gasteiger partial charge in [0.15, 0.2) is 5.78 Å². The first-order valence-corrected chi connectivity index (χ1v) is 10.6. The summed E-state index contributed by atoms with van der Waals surface area (Å²) in [6.07, 6.45) is 6.36. The second-order valence-electron chi connectivity index (χ2n) is 9.20. The molecule has 6 heteroatoms. The number of nitrogens with zero attached hydrogens (tertiary/aromatic N) is 2. The molecule has 0 spiro atoms. The maximum atomic E-state index is 13.5. The van der Waals surface area contributed by atoms with Gasteiger partial charge in [0, 0.05) is 37.0 Å². The molecule has 2 aromatic rings. The number of aromatic nitrogens is 1. The number of ketones is 1. The van der Waals surface area contributed by atoms with E-state index in [1.807, 2.05) is 13.8 Å². The highest BCUT2D eigenvalue weighted by atomic mass is 19.1. The number of likely N-dealkylation sites (tertiary alicyclic amines) is 1. The lowest BCUT2D eigenvalue weighted by Crippen LogP contribution is -2.41. The number of amides is 1. The zero-order valence-corrected chi connectivity index (χ0v) is 17.5. The zero-order chi connectivity index (χ0) is 21.5. The zero-order valence-electron chi connectivity index (χ0n) is 17.5. The summed E-state index contributed by atoms with van der Waals surface area (Å²) in [6.45, 7) is 5.21. The Hall–Kier alpha value is -2.76. The van der Waals surface area contributed by atoms with Gasteiger partial charge in [0.05, 0.1) is 0 Å². The number of halogens is 1. The van der Waals surface area contributed by atoms with E-state index in [4.69, 9.17) is 0 Å². The molecule has 1 fully saturated rings. The molecule has 0 saturated carbocycles. The highest BCUT2D eigenvalue weighted by Gasteiger charge is 2.37. The molecule has 1 saturated heterocycles. The lowest BCUT2D eigenvalue weighted by molar-refractivity contribution is 0.0757. The third kappa shape index (κ3) is 3.83. The largest absolute Gasteiger partial charge is 0.338 e. The van der Waals surface area contributed by atoms with Crippen LogP contribution in [0.15, 0.2) is 35.3 Å². The Morgan fingerprint density at radius 3 is 2.23 bits per heavy atom. The molecule has 2 heterocycles. The van der Waals surface area contributed by atoms with Crippen LogP contribution in [0.4, 0.5) is 4.39 Å². The van der Waals surface area contributed by atoms with Crippen molar-refractivity contribution in [2.45, 2.75) is 52.4 Å². The van der Waals surface area contributed by atoms with Crippen LogP contribution in [0.25, 0.3) is 5.69 Å². The Morgan fingerprint density at radius 2 is 1.60 bits per heavy atom. The van der Waals surface area contributed by atoms with Crippen LogP contribution in [0, 0.1) is 11.2 Å². The van der Waals surface area contributed by atoms with Gasteiger partial charge in [0.1, 0.15) is 11.4 Å². The van der Waals surface area contributed by atoms with Gasteiger partial charge in [0.25, 0.3) is 11.5 Å².